The average Bonchev–Trinajstić information content (AvgIpc) is 2.54. The third-order valence-electron chi connectivity index (χ3n) is 4.59. The van der Waals surface area contributed by atoms with Crippen molar-refractivity contribution in [3.8, 4) is 0 Å². The van der Waals surface area contributed by atoms with Gasteiger partial charge in [-0.05, 0) is 43.9 Å². The molecule has 0 heterocycles. The molecule has 0 radical (unpaired) electrons. The molecule has 16 heavy (non-hydrogen) atoms. The summed E-state index contributed by atoms with van der Waals surface area (Å²) in [5.41, 5.74) is 7.86. The van der Waals surface area contributed by atoms with E-state index in [1.807, 2.05) is 0 Å². The molecule has 3 atom stereocenters. The summed E-state index contributed by atoms with van der Waals surface area (Å²) in [4.78, 5) is 0. The Morgan fingerprint density at radius 2 is 1.88 bits per heavy atom. The molecule has 0 saturated heterocycles. The predicted molar refractivity (Wildman–Crippen MR) is 70.3 cm³/mol. The standard InChI is InChI=1S/C15H27N/c1-2-12-7-4-6-10-15(12)13-8-3-5-9-14(16)11-13/h11-12,14-15H,2-10,16H2,1H3. The number of allylic oxidation sites excluding steroid dienone is 1. The van der Waals surface area contributed by atoms with E-state index in [1.165, 1.54) is 57.8 Å². The summed E-state index contributed by atoms with van der Waals surface area (Å²) in [7, 11) is 0. The Balaban J connectivity index is 2.07. The summed E-state index contributed by atoms with van der Waals surface area (Å²) in [6.07, 6.45) is 14.8. The molecule has 1 saturated carbocycles. The van der Waals surface area contributed by atoms with Gasteiger partial charge in [-0.3, -0.25) is 0 Å². The van der Waals surface area contributed by atoms with E-state index in [-0.39, 0.29) is 0 Å². The van der Waals surface area contributed by atoms with E-state index in [2.05, 4.69) is 13.0 Å². The van der Waals surface area contributed by atoms with E-state index >= 15 is 0 Å². The molecular weight excluding hydrogens is 194 g/mol. The topological polar surface area (TPSA) is 26.0 Å². The summed E-state index contributed by atoms with van der Waals surface area (Å²) in [5.74, 6) is 1.83. The highest BCUT2D eigenvalue weighted by molar-refractivity contribution is 5.14. The molecule has 0 amide bonds. The molecule has 1 nitrogen and oxygen atoms in total. The molecular formula is C15H27N. The Morgan fingerprint density at radius 1 is 1.12 bits per heavy atom. The van der Waals surface area contributed by atoms with Gasteiger partial charge in [0.25, 0.3) is 0 Å². The first-order chi connectivity index (χ1) is 7.81. The molecule has 2 aliphatic rings. The highest BCUT2D eigenvalue weighted by Gasteiger charge is 2.27. The zero-order valence-electron chi connectivity index (χ0n) is 10.8. The lowest BCUT2D eigenvalue weighted by atomic mass is 9.73. The number of hydrogen-bond donors (Lipinski definition) is 1. The molecule has 1 fully saturated rings. The monoisotopic (exact) mass is 221 g/mol. The maximum Gasteiger partial charge on any atom is 0.0226 e. The number of rotatable bonds is 2. The SMILES string of the molecule is CCC1CCCCC1C1=CC(N)CCCC1. The van der Waals surface area contributed by atoms with Crippen LogP contribution >= 0.6 is 0 Å². The van der Waals surface area contributed by atoms with Gasteiger partial charge in [-0.1, -0.05) is 44.3 Å². The minimum Gasteiger partial charge on any atom is -0.324 e. The molecule has 2 N–H and O–H groups in total. The summed E-state index contributed by atoms with van der Waals surface area (Å²) in [6, 6.07) is 0.344. The largest absolute Gasteiger partial charge is 0.324 e. The van der Waals surface area contributed by atoms with Gasteiger partial charge >= 0.3 is 0 Å². The predicted octanol–water partition coefficient (Wildman–Crippen LogP) is 4.03. The quantitative estimate of drug-likeness (QED) is 0.700. The van der Waals surface area contributed by atoms with Crippen molar-refractivity contribution in [2.75, 3.05) is 0 Å². The second kappa shape index (κ2) is 5.86. The fourth-order valence-corrected chi connectivity index (χ4v) is 3.64. The van der Waals surface area contributed by atoms with Crippen LogP contribution in [-0.2, 0) is 0 Å². The van der Waals surface area contributed by atoms with Crippen molar-refractivity contribution in [3.63, 3.8) is 0 Å². The van der Waals surface area contributed by atoms with E-state index in [0.29, 0.717) is 6.04 Å². The van der Waals surface area contributed by atoms with Gasteiger partial charge in [0.1, 0.15) is 0 Å². The molecule has 1 heteroatoms. The average molecular weight is 221 g/mol. The van der Waals surface area contributed by atoms with Crippen LogP contribution in [0.2, 0.25) is 0 Å². The van der Waals surface area contributed by atoms with E-state index < -0.39 is 0 Å². The second-order valence-corrected chi connectivity index (χ2v) is 5.71. The third-order valence-corrected chi connectivity index (χ3v) is 4.59. The minimum atomic E-state index is 0.344. The van der Waals surface area contributed by atoms with Crippen molar-refractivity contribution in [2.45, 2.75) is 70.8 Å². The number of nitrogens with two attached hydrogens (primary N) is 1. The van der Waals surface area contributed by atoms with Crippen LogP contribution in [0.1, 0.15) is 64.7 Å². The smallest absolute Gasteiger partial charge is 0.0226 e. The van der Waals surface area contributed by atoms with E-state index in [4.69, 9.17) is 5.73 Å². The van der Waals surface area contributed by atoms with Gasteiger partial charge < -0.3 is 5.73 Å². The summed E-state index contributed by atoms with van der Waals surface area (Å²) >= 11 is 0. The maximum atomic E-state index is 6.14. The van der Waals surface area contributed by atoms with Crippen LogP contribution in [-0.4, -0.2) is 6.04 Å². The van der Waals surface area contributed by atoms with Crippen molar-refractivity contribution >= 4 is 0 Å². The Hall–Kier alpha value is -0.300. The molecule has 2 aliphatic carbocycles. The van der Waals surface area contributed by atoms with Crippen LogP contribution in [0.5, 0.6) is 0 Å². The Morgan fingerprint density at radius 3 is 2.69 bits per heavy atom. The lowest BCUT2D eigenvalue weighted by Crippen LogP contribution is -2.23. The van der Waals surface area contributed by atoms with Crippen molar-refractivity contribution in [3.05, 3.63) is 11.6 Å². The van der Waals surface area contributed by atoms with Gasteiger partial charge in [0.15, 0.2) is 0 Å². The first-order valence-corrected chi connectivity index (χ1v) is 7.27. The lowest BCUT2D eigenvalue weighted by Gasteiger charge is -2.33. The fraction of sp³-hybridized carbons (Fsp3) is 0.867. The van der Waals surface area contributed by atoms with Crippen molar-refractivity contribution in [2.24, 2.45) is 17.6 Å². The Bertz CT molecular complexity index is 244. The van der Waals surface area contributed by atoms with Crippen LogP contribution in [0.4, 0.5) is 0 Å². The summed E-state index contributed by atoms with van der Waals surface area (Å²) in [5, 5.41) is 0. The molecule has 0 bridgehead atoms. The van der Waals surface area contributed by atoms with E-state index in [9.17, 15) is 0 Å². The van der Waals surface area contributed by atoms with Crippen LogP contribution in [0.3, 0.4) is 0 Å². The highest BCUT2D eigenvalue weighted by atomic mass is 14.6. The Labute approximate surface area is 100 Å². The molecule has 3 unspecified atom stereocenters. The highest BCUT2D eigenvalue weighted by Crippen LogP contribution is 2.39. The first kappa shape index (κ1) is 12.2. The molecule has 2 rings (SSSR count). The maximum absolute atomic E-state index is 6.14. The Kier molecular flexibility index (Phi) is 4.45. The van der Waals surface area contributed by atoms with E-state index in [0.717, 1.165) is 11.8 Å². The number of hydrogen-bond acceptors (Lipinski definition) is 1. The molecule has 0 aromatic heterocycles. The zero-order valence-corrected chi connectivity index (χ0v) is 10.8. The van der Waals surface area contributed by atoms with Crippen LogP contribution in [0.15, 0.2) is 11.6 Å². The zero-order chi connectivity index (χ0) is 11.4. The van der Waals surface area contributed by atoms with Crippen molar-refractivity contribution in [1.29, 1.82) is 0 Å². The van der Waals surface area contributed by atoms with Crippen molar-refractivity contribution in [1.82, 2.24) is 0 Å². The molecule has 0 aliphatic heterocycles. The lowest BCUT2D eigenvalue weighted by molar-refractivity contribution is 0.259. The third kappa shape index (κ3) is 2.88. The molecule has 92 valence electrons. The van der Waals surface area contributed by atoms with Gasteiger partial charge in [-0.25, -0.2) is 0 Å². The fourth-order valence-electron chi connectivity index (χ4n) is 3.64. The minimum absolute atomic E-state index is 0.344. The van der Waals surface area contributed by atoms with Gasteiger partial charge in [0.2, 0.25) is 0 Å². The molecule has 0 aromatic carbocycles. The van der Waals surface area contributed by atoms with Crippen LogP contribution in [0, 0.1) is 11.8 Å². The van der Waals surface area contributed by atoms with Gasteiger partial charge in [-0.2, -0.15) is 0 Å². The molecule has 0 aromatic rings. The van der Waals surface area contributed by atoms with E-state index in [1.54, 1.807) is 5.57 Å². The summed E-state index contributed by atoms with van der Waals surface area (Å²) < 4.78 is 0. The summed E-state index contributed by atoms with van der Waals surface area (Å²) in [6.45, 7) is 2.36. The van der Waals surface area contributed by atoms with Gasteiger partial charge in [0.05, 0.1) is 0 Å². The van der Waals surface area contributed by atoms with Crippen LogP contribution < -0.4 is 5.73 Å². The molecule has 0 spiro atoms. The van der Waals surface area contributed by atoms with Crippen molar-refractivity contribution < 1.29 is 0 Å². The second-order valence-electron chi connectivity index (χ2n) is 5.71. The van der Waals surface area contributed by atoms with Gasteiger partial charge in [0, 0.05) is 6.04 Å². The van der Waals surface area contributed by atoms with Crippen LogP contribution in [0.25, 0.3) is 0 Å². The van der Waals surface area contributed by atoms with Gasteiger partial charge in [-0.15, -0.1) is 0 Å². The normalized spacial score (nSPS) is 36.6. The first-order valence-electron chi connectivity index (χ1n) is 7.27.